The molecule has 0 aliphatic rings. The Morgan fingerprint density at radius 1 is 1.20 bits per heavy atom. The number of amides is 1. The van der Waals surface area contributed by atoms with Crippen molar-refractivity contribution in [1.29, 1.82) is 0 Å². The van der Waals surface area contributed by atoms with Crippen molar-refractivity contribution in [2.24, 2.45) is 0 Å². The fourth-order valence-electron chi connectivity index (χ4n) is 1.23. The van der Waals surface area contributed by atoms with E-state index in [9.17, 15) is 4.79 Å². The minimum absolute atomic E-state index is 0.102. The molecule has 0 heterocycles. The van der Waals surface area contributed by atoms with Crippen molar-refractivity contribution in [2.45, 2.75) is 6.42 Å². The monoisotopic (exact) mass is 218 g/mol. The standard InChI is InChI=1S/C10H22N2O3/c1-11-9-10(13)12(6-8-15-3)5-4-7-14-2/h11H,4-9H2,1-3H3. The number of likely N-dealkylation sites (N-methyl/N-ethyl adjacent to an activating group) is 1. The minimum Gasteiger partial charge on any atom is -0.385 e. The molecule has 15 heavy (non-hydrogen) atoms. The van der Waals surface area contributed by atoms with Gasteiger partial charge in [-0.15, -0.1) is 0 Å². The van der Waals surface area contributed by atoms with Gasteiger partial charge in [-0.2, -0.15) is 0 Å². The van der Waals surface area contributed by atoms with Crippen LogP contribution in [0.15, 0.2) is 0 Å². The van der Waals surface area contributed by atoms with Crippen molar-refractivity contribution < 1.29 is 14.3 Å². The summed E-state index contributed by atoms with van der Waals surface area (Å²) in [5.41, 5.74) is 0. The number of hydrogen-bond acceptors (Lipinski definition) is 4. The van der Waals surface area contributed by atoms with Gasteiger partial charge in [-0.25, -0.2) is 0 Å². The zero-order chi connectivity index (χ0) is 11.5. The van der Waals surface area contributed by atoms with Crippen LogP contribution >= 0.6 is 0 Å². The molecular formula is C10H22N2O3. The molecule has 0 saturated heterocycles. The van der Waals surface area contributed by atoms with Crippen molar-refractivity contribution in [3.8, 4) is 0 Å². The van der Waals surface area contributed by atoms with Crippen molar-refractivity contribution in [1.82, 2.24) is 10.2 Å². The number of methoxy groups -OCH3 is 2. The molecule has 0 aromatic rings. The van der Waals surface area contributed by atoms with Gasteiger partial charge >= 0.3 is 0 Å². The lowest BCUT2D eigenvalue weighted by Gasteiger charge is -2.22. The third kappa shape index (κ3) is 7.30. The molecule has 0 rings (SSSR count). The highest BCUT2D eigenvalue weighted by atomic mass is 16.5. The quantitative estimate of drug-likeness (QED) is 0.541. The van der Waals surface area contributed by atoms with E-state index in [2.05, 4.69) is 5.32 Å². The van der Waals surface area contributed by atoms with Gasteiger partial charge in [0, 0.05) is 33.9 Å². The Kier molecular flexibility index (Phi) is 9.46. The predicted octanol–water partition coefficient (Wildman–Crippen LogP) is -0.283. The van der Waals surface area contributed by atoms with Crippen LogP contribution in [0.5, 0.6) is 0 Å². The van der Waals surface area contributed by atoms with Gasteiger partial charge < -0.3 is 19.7 Å². The van der Waals surface area contributed by atoms with Crippen LogP contribution in [-0.2, 0) is 14.3 Å². The summed E-state index contributed by atoms with van der Waals surface area (Å²) in [6.07, 6.45) is 0.857. The van der Waals surface area contributed by atoms with Gasteiger partial charge in [0.15, 0.2) is 0 Å². The van der Waals surface area contributed by atoms with E-state index in [0.717, 1.165) is 13.0 Å². The van der Waals surface area contributed by atoms with E-state index in [0.29, 0.717) is 26.3 Å². The summed E-state index contributed by atoms with van der Waals surface area (Å²) in [5.74, 6) is 0.102. The van der Waals surface area contributed by atoms with Crippen LogP contribution in [0.25, 0.3) is 0 Å². The molecular weight excluding hydrogens is 196 g/mol. The second-order valence-corrected chi connectivity index (χ2v) is 3.25. The van der Waals surface area contributed by atoms with E-state index in [1.165, 1.54) is 0 Å². The molecule has 0 bridgehead atoms. The maximum atomic E-state index is 11.6. The molecule has 0 aliphatic carbocycles. The molecule has 0 radical (unpaired) electrons. The van der Waals surface area contributed by atoms with Crippen LogP contribution < -0.4 is 5.32 Å². The molecule has 5 heteroatoms. The van der Waals surface area contributed by atoms with Gasteiger partial charge in [-0.1, -0.05) is 0 Å². The number of carbonyl (C=O) groups is 1. The highest BCUT2D eigenvalue weighted by molar-refractivity contribution is 5.78. The number of ether oxygens (including phenoxy) is 2. The van der Waals surface area contributed by atoms with Crippen molar-refractivity contribution in [3.63, 3.8) is 0 Å². The summed E-state index contributed by atoms with van der Waals surface area (Å²) >= 11 is 0. The third-order valence-electron chi connectivity index (χ3n) is 2.02. The Balaban J connectivity index is 3.87. The number of nitrogens with zero attached hydrogens (tertiary/aromatic N) is 1. The zero-order valence-corrected chi connectivity index (χ0v) is 9.91. The van der Waals surface area contributed by atoms with Crippen LogP contribution in [0, 0.1) is 0 Å². The Labute approximate surface area is 91.7 Å². The summed E-state index contributed by atoms with van der Waals surface area (Å²) in [4.78, 5) is 13.4. The number of carbonyl (C=O) groups excluding carboxylic acids is 1. The SMILES string of the molecule is CNCC(=O)N(CCCOC)CCOC. The van der Waals surface area contributed by atoms with E-state index in [1.807, 2.05) is 0 Å². The first-order valence-corrected chi connectivity index (χ1v) is 5.16. The molecule has 0 aromatic carbocycles. The average Bonchev–Trinajstić information content (AvgIpc) is 2.23. The van der Waals surface area contributed by atoms with Crippen LogP contribution in [0.4, 0.5) is 0 Å². The number of rotatable bonds is 9. The molecule has 0 aromatic heterocycles. The summed E-state index contributed by atoms with van der Waals surface area (Å²) < 4.78 is 9.91. The summed E-state index contributed by atoms with van der Waals surface area (Å²) in [6, 6.07) is 0. The van der Waals surface area contributed by atoms with E-state index in [-0.39, 0.29) is 5.91 Å². The van der Waals surface area contributed by atoms with Gasteiger partial charge in [0.2, 0.25) is 5.91 Å². The molecule has 90 valence electrons. The minimum atomic E-state index is 0.102. The molecule has 0 fully saturated rings. The Morgan fingerprint density at radius 2 is 1.87 bits per heavy atom. The van der Waals surface area contributed by atoms with E-state index in [1.54, 1.807) is 26.2 Å². The van der Waals surface area contributed by atoms with Crippen LogP contribution in [0.1, 0.15) is 6.42 Å². The molecule has 1 N–H and O–H groups in total. The lowest BCUT2D eigenvalue weighted by atomic mass is 10.3. The topological polar surface area (TPSA) is 50.8 Å². The van der Waals surface area contributed by atoms with E-state index < -0.39 is 0 Å². The van der Waals surface area contributed by atoms with Crippen molar-refractivity contribution in [3.05, 3.63) is 0 Å². The molecule has 0 atom stereocenters. The zero-order valence-electron chi connectivity index (χ0n) is 9.91. The Bertz CT molecular complexity index is 165. The molecule has 0 aliphatic heterocycles. The highest BCUT2D eigenvalue weighted by Crippen LogP contribution is 1.93. The van der Waals surface area contributed by atoms with Crippen molar-refractivity contribution in [2.75, 3.05) is 54.1 Å². The first-order valence-electron chi connectivity index (χ1n) is 5.16. The van der Waals surface area contributed by atoms with E-state index in [4.69, 9.17) is 9.47 Å². The first kappa shape index (κ1) is 14.3. The second kappa shape index (κ2) is 9.89. The largest absolute Gasteiger partial charge is 0.385 e. The van der Waals surface area contributed by atoms with Crippen LogP contribution in [0.2, 0.25) is 0 Å². The van der Waals surface area contributed by atoms with E-state index >= 15 is 0 Å². The van der Waals surface area contributed by atoms with Crippen LogP contribution in [-0.4, -0.2) is 64.9 Å². The summed E-state index contributed by atoms with van der Waals surface area (Å²) in [7, 11) is 5.06. The predicted molar refractivity (Wildman–Crippen MR) is 58.9 cm³/mol. The normalized spacial score (nSPS) is 10.3. The Hall–Kier alpha value is -0.650. The third-order valence-corrected chi connectivity index (χ3v) is 2.02. The van der Waals surface area contributed by atoms with Gasteiger partial charge in [-0.3, -0.25) is 4.79 Å². The second-order valence-electron chi connectivity index (χ2n) is 3.25. The van der Waals surface area contributed by atoms with Crippen molar-refractivity contribution >= 4 is 5.91 Å². The lowest BCUT2D eigenvalue weighted by Crippen LogP contribution is -2.40. The lowest BCUT2D eigenvalue weighted by molar-refractivity contribution is -0.131. The number of hydrogen-bond donors (Lipinski definition) is 1. The Morgan fingerprint density at radius 3 is 2.40 bits per heavy atom. The summed E-state index contributed by atoms with van der Waals surface area (Å²) in [6.45, 7) is 2.98. The van der Waals surface area contributed by atoms with Gasteiger partial charge in [-0.05, 0) is 13.5 Å². The maximum absolute atomic E-state index is 11.6. The molecule has 5 nitrogen and oxygen atoms in total. The fourth-order valence-corrected chi connectivity index (χ4v) is 1.23. The highest BCUT2D eigenvalue weighted by Gasteiger charge is 2.11. The fraction of sp³-hybridized carbons (Fsp3) is 0.900. The molecule has 1 amide bonds. The summed E-state index contributed by atoms with van der Waals surface area (Å²) in [5, 5.41) is 2.85. The van der Waals surface area contributed by atoms with Crippen LogP contribution in [0.3, 0.4) is 0 Å². The molecule has 0 saturated carbocycles. The maximum Gasteiger partial charge on any atom is 0.236 e. The molecule has 0 unspecified atom stereocenters. The van der Waals surface area contributed by atoms with Gasteiger partial charge in [0.25, 0.3) is 0 Å². The average molecular weight is 218 g/mol. The first-order chi connectivity index (χ1) is 7.26. The number of nitrogens with one attached hydrogen (secondary N) is 1. The molecule has 0 spiro atoms. The smallest absolute Gasteiger partial charge is 0.236 e. The van der Waals surface area contributed by atoms with Gasteiger partial charge in [0.1, 0.15) is 0 Å². The van der Waals surface area contributed by atoms with Gasteiger partial charge in [0.05, 0.1) is 13.2 Å².